The summed E-state index contributed by atoms with van der Waals surface area (Å²) in [6.45, 7) is 6.08. The second-order valence-electron chi connectivity index (χ2n) is 7.18. The summed E-state index contributed by atoms with van der Waals surface area (Å²) >= 11 is 0. The zero-order chi connectivity index (χ0) is 17.4. The van der Waals surface area contributed by atoms with Crippen LogP contribution in [0.25, 0.3) is 11.4 Å². The molecule has 132 valence electrons. The van der Waals surface area contributed by atoms with Crippen molar-refractivity contribution in [3.05, 3.63) is 29.7 Å². The highest BCUT2D eigenvalue weighted by Crippen LogP contribution is 2.34. The van der Waals surface area contributed by atoms with Gasteiger partial charge in [-0.05, 0) is 57.8 Å². The molecule has 1 saturated heterocycles. The molecule has 25 heavy (non-hydrogen) atoms. The van der Waals surface area contributed by atoms with Crippen LogP contribution < -0.4 is 10.2 Å². The molecule has 1 amide bonds. The zero-order valence-corrected chi connectivity index (χ0v) is 14.8. The van der Waals surface area contributed by atoms with Crippen molar-refractivity contribution < 1.29 is 9.32 Å². The molecule has 0 atom stereocenters. The van der Waals surface area contributed by atoms with Gasteiger partial charge in [-0.3, -0.25) is 4.79 Å². The van der Waals surface area contributed by atoms with Crippen LogP contribution in [0.1, 0.15) is 50.5 Å². The fourth-order valence-corrected chi connectivity index (χ4v) is 3.79. The zero-order valence-electron chi connectivity index (χ0n) is 14.8. The number of carbonyl (C=O) groups excluding carboxylic acids is 1. The highest BCUT2D eigenvalue weighted by molar-refractivity contribution is 5.97. The van der Waals surface area contributed by atoms with Gasteiger partial charge in [0.2, 0.25) is 17.6 Å². The van der Waals surface area contributed by atoms with Gasteiger partial charge in [-0.2, -0.15) is 4.98 Å². The SMILES string of the molecule is CC(C)N1C(=O)CCc2ccc(-c3noc(C4CCNCC4)n3)cc21. The van der Waals surface area contributed by atoms with E-state index in [0.717, 1.165) is 49.5 Å². The van der Waals surface area contributed by atoms with Crippen molar-refractivity contribution in [2.75, 3.05) is 18.0 Å². The summed E-state index contributed by atoms with van der Waals surface area (Å²) in [5, 5.41) is 7.54. The first kappa shape index (κ1) is 16.3. The van der Waals surface area contributed by atoms with Gasteiger partial charge in [-0.15, -0.1) is 0 Å². The van der Waals surface area contributed by atoms with E-state index < -0.39 is 0 Å². The largest absolute Gasteiger partial charge is 0.339 e. The smallest absolute Gasteiger partial charge is 0.230 e. The Morgan fingerprint density at radius 2 is 2.04 bits per heavy atom. The number of hydrogen-bond acceptors (Lipinski definition) is 5. The van der Waals surface area contributed by atoms with E-state index in [1.807, 2.05) is 30.9 Å². The van der Waals surface area contributed by atoms with E-state index in [2.05, 4.69) is 21.5 Å². The van der Waals surface area contributed by atoms with E-state index in [4.69, 9.17) is 4.52 Å². The lowest BCUT2D eigenvalue weighted by Gasteiger charge is -2.33. The quantitative estimate of drug-likeness (QED) is 0.930. The number of fused-ring (bicyclic) bond motifs is 1. The number of piperidine rings is 1. The molecule has 0 aliphatic carbocycles. The van der Waals surface area contributed by atoms with E-state index in [0.29, 0.717) is 18.2 Å². The molecule has 6 nitrogen and oxygen atoms in total. The molecule has 2 aliphatic heterocycles. The number of nitrogens with one attached hydrogen (secondary N) is 1. The Morgan fingerprint density at radius 1 is 1.24 bits per heavy atom. The monoisotopic (exact) mass is 340 g/mol. The van der Waals surface area contributed by atoms with Gasteiger partial charge >= 0.3 is 0 Å². The summed E-state index contributed by atoms with van der Waals surface area (Å²) in [5.74, 6) is 1.86. The minimum absolute atomic E-state index is 0.136. The van der Waals surface area contributed by atoms with Gasteiger partial charge in [0.15, 0.2) is 0 Å². The van der Waals surface area contributed by atoms with Crippen LogP contribution in [0.4, 0.5) is 5.69 Å². The lowest BCUT2D eigenvalue weighted by Crippen LogP contribution is -2.40. The number of benzene rings is 1. The first-order chi connectivity index (χ1) is 12.1. The molecule has 1 aromatic carbocycles. The molecule has 6 heteroatoms. The van der Waals surface area contributed by atoms with Crippen molar-refractivity contribution in [1.29, 1.82) is 0 Å². The molecule has 0 saturated carbocycles. The van der Waals surface area contributed by atoms with Crippen LogP contribution in [0.5, 0.6) is 0 Å². The molecule has 0 radical (unpaired) electrons. The topological polar surface area (TPSA) is 71.3 Å². The predicted molar refractivity (Wildman–Crippen MR) is 95.5 cm³/mol. The van der Waals surface area contributed by atoms with Gasteiger partial charge in [0.1, 0.15) is 0 Å². The standard InChI is InChI=1S/C19H24N4O2/c1-12(2)23-16-11-15(4-3-13(16)5-6-17(23)24)18-21-19(25-22-18)14-7-9-20-10-8-14/h3-4,11-12,14,20H,5-10H2,1-2H3. The molecule has 0 unspecified atom stereocenters. The first-order valence-electron chi connectivity index (χ1n) is 9.13. The number of rotatable bonds is 3. The summed E-state index contributed by atoms with van der Waals surface area (Å²) in [7, 11) is 0. The van der Waals surface area contributed by atoms with Crippen LogP contribution in [0, 0.1) is 0 Å². The van der Waals surface area contributed by atoms with E-state index >= 15 is 0 Å². The third-order valence-electron chi connectivity index (χ3n) is 5.13. The van der Waals surface area contributed by atoms with Gasteiger partial charge in [0.25, 0.3) is 0 Å². The van der Waals surface area contributed by atoms with Crippen molar-refractivity contribution in [1.82, 2.24) is 15.5 Å². The Kier molecular flexibility index (Phi) is 4.29. The van der Waals surface area contributed by atoms with E-state index in [1.54, 1.807) is 0 Å². The van der Waals surface area contributed by atoms with E-state index in [-0.39, 0.29) is 11.9 Å². The number of aromatic nitrogens is 2. The number of anilines is 1. The van der Waals surface area contributed by atoms with Crippen LogP contribution >= 0.6 is 0 Å². The molecular formula is C19H24N4O2. The summed E-state index contributed by atoms with van der Waals surface area (Å²) < 4.78 is 5.53. The third-order valence-corrected chi connectivity index (χ3v) is 5.13. The molecular weight excluding hydrogens is 316 g/mol. The fraction of sp³-hybridized carbons (Fsp3) is 0.526. The number of amides is 1. The lowest BCUT2D eigenvalue weighted by molar-refractivity contribution is -0.119. The maximum atomic E-state index is 12.3. The molecule has 2 aliphatic rings. The number of nitrogens with zero attached hydrogens (tertiary/aromatic N) is 3. The van der Waals surface area contributed by atoms with Crippen molar-refractivity contribution in [2.45, 2.75) is 51.5 Å². The lowest BCUT2D eigenvalue weighted by atomic mass is 9.97. The molecule has 0 spiro atoms. The molecule has 3 heterocycles. The first-order valence-corrected chi connectivity index (χ1v) is 9.13. The third kappa shape index (κ3) is 3.06. The van der Waals surface area contributed by atoms with Crippen LogP contribution in [0.2, 0.25) is 0 Å². The maximum absolute atomic E-state index is 12.3. The molecule has 2 aromatic rings. The number of carbonyl (C=O) groups is 1. The number of aryl methyl sites for hydroxylation is 1. The maximum Gasteiger partial charge on any atom is 0.230 e. The van der Waals surface area contributed by atoms with Gasteiger partial charge in [0.05, 0.1) is 0 Å². The van der Waals surface area contributed by atoms with Crippen molar-refractivity contribution >= 4 is 11.6 Å². The van der Waals surface area contributed by atoms with E-state index in [1.165, 1.54) is 5.56 Å². The average molecular weight is 340 g/mol. The van der Waals surface area contributed by atoms with Crippen molar-refractivity contribution in [2.24, 2.45) is 0 Å². The molecule has 1 fully saturated rings. The van der Waals surface area contributed by atoms with Crippen LogP contribution in [-0.4, -0.2) is 35.2 Å². The minimum atomic E-state index is 0.136. The van der Waals surface area contributed by atoms with Crippen molar-refractivity contribution in [3.63, 3.8) is 0 Å². The Morgan fingerprint density at radius 3 is 2.80 bits per heavy atom. The second-order valence-corrected chi connectivity index (χ2v) is 7.18. The van der Waals surface area contributed by atoms with Gasteiger partial charge < -0.3 is 14.7 Å². The van der Waals surface area contributed by atoms with Crippen LogP contribution in [-0.2, 0) is 11.2 Å². The summed E-state index contributed by atoms with van der Waals surface area (Å²) in [6.07, 6.45) is 3.43. The Balaban J connectivity index is 1.66. The molecule has 1 N–H and O–H groups in total. The molecule has 1 aromatic heterocycles. The Bertz CT molecular complexity index is 777. The molecule has 0 bridgehead atoms. The van der Waals surface area contributed by atoms with Gasteiger partial charge in [0, 0.05) is 29.6 Å². The highest BCUT2D eigenvalue weighted by atomic mass is 16.5. The summed E-state index contributed by atoms with van der Waals surface area (Å²) in [6, 6.07) is 6.29. The van der Waals surface area contributed by atoms with Crippen LogP contribution in [0.3, 0.4) is 0 Å². The normalized spacial score (nSPS) is 18.7. The summed E-state index contributed by atoms with van der Waals surface area (Å²) in [4.78, 5) is 18.8. The summed E-state index contributed by atoms with van der Waals surface area (Å²) in [5.41, 5.74) is 3.10. The van der Waals surface area contributed by atoms with Gasteiger partial charge in [-0.25, -0.2) is 0 Å². The van der Waals surface area contributed by atoms with Crippen LogP contribution in [0.15, 0.2) is 22.7 Å². The second kappa shape index (κ2) is 6.59. The van der Waals surface area contributed by atoms with Crippen molar-refractivity contribution in [3.8, 4) is 11.4 Å². The predicted octanol–water partition coefficient (Wildman–Crippen LogP) is 2.89. The highest BCUT2D eigenvalue weighted by Gasteiger charge is 2.27. The Hall–Kier alpha value is -2.21. The Labute approximate surface area is 147 Å². The molecule has 4 rings (SSSR count). The van der Waals surface area contributed by atoms with Gasteiger partial charge in [-0.1, -0.05) is 17.3 Å². The fourth-order valence-electron chi connectivity index (χ4n) is 3.79. The minimum Gasteiger partial charge on any atom is -0.339 e. The average Bonchev–Trinajstić information content (AvgIpc) is 3.11. The van der Waals surface area contributed by atoms with E-state index in [9.17, 15) is 4.79 Å². The number of hydrogen-bond donors (Lipinski definition) is 1.